The summed E-state index contributed by atoms with van der Waals surface area (Å²) < 4.78 is 11.4. The standard InChI is InChI=1S/C16H23NO4/c1-5-10(4)17-8-16-7-6-11(21-16)12(13(16)14(17)18)15(19)20-9(2)3/h6-7,9-13H,5,8H2,1-4H3/t10-,11-,12+,13-,16+/m0/s1. The molecular weight excluding hydrogens is 270 g/mol. The third kappa shape index (κ3) is 2.01. The van der Waals surface area contributed by atoms with Crippen LogP contribution in [-0.2, 0) is 19.1 Å². The highest BCUT2D eigenvalue weighted by Gasteiger charge is 2.67. The molecule has 0 aromatic rings. The maximum atomic E-state index is 12.8. The molecule has 116 valence electrons. The molecule has 2 saturated heterocycles. The summed E-state index contributed by atoms with van der Waals surface area (Å²) in [6, 6.07) is 0.162. The monoisotopic (exact) mass is 293 g/mol. The molecule has 5 atom stereocenters. The van der Waals surface area contributed by atoms with Crippen molar-refractivity contribution < 1.29 is 19.1 Å². The summed E-state index contributed by atoms with van der Waals surface area (Å²) in [4.78, 5) is 27.0. The molecule has 2 fully saturated rings. The van der Waals surface area contributed by atoms with Gasteiger partial charge in [-0.05, 0) is 27.2 Å². The fraction of sp³-hybridized carbons (Fsp3) is 0.750. The summed E-state index contributed by atoms with van der Waals surface area (Å²) in [6.45, 7) is 8.28. The van der Waals surface area contributed by atoms with Crippen molar-refractivity contribution in [3.8, 4) is 0 Å². The molecular formula is C16H23NO4. The van der Waals surface area contributed by atoms with Crippen LogP contribution in [0.1, 0.15) is 34.1 Å². The summed E-state index contributed by atoms with van der Waals surface area (Å²) in [5.74, 6) is -1.21. The Morgan fingerprint density at radius 2 is 2.24 bits per heavy atom. The molecule has 0 aromatic heterocycles. The van der Waals surface area contributed by atoms with Crippen LogP contribution in [0.4, 0.5) is 0 Å². The number of ether oxygens (including phenoxy) is 2. The van der Waals surface area contributed by atoms with Gasteiger partial charge in [-0.3, -0.25) is 9.59 Å². The summed E-state index contributed by atoms with van der Waals surface area (Å²) in [5, 5.41) is 0. The first-order valence-corrected chi connectivity index (χ1v) is 7.77. The first-order chi connectivity index (χ1) is 9.89. The largest absolute Gasteiger partial charge is 0.463 e. The minimum absolute atomic E-state index is 0.0295. The van der Waals surface area contributed by atoms with Gasteiger partial charge >= 0.3 is 5.97 Å². The third-order valence-electron chi connectivity index (χ3n) is 4.88. The lowest BCUT2D eigenvalue weighted by Crippen LogP contribution is -2.41. The maximum Gasteiger partial charge on any atom is 0.313 e. The van der Waals surface area contributed by atoms with Gasteiger partial charge < -0.3 is 14.4 Å². The number of carbonyl (C=O) groups is 2. The van der Waals surface area contributed by atoms with Crippen LogP contribution >= 0.6 is 0 Å². The van der Waals surface area contributed by atoms with Gasteiger partial charge in [-0.25, -0.2) is 0 Å². The van der Waals surface area contributed by atoms with Crippen LogP contribution in [0.2, 0.25) is 0 Å². The first-order valence-electron chi connectivity index (χ1n) is 7.77. The van der Waals surface area contributed by atoms with Gasteiger partial charge in [0.15, 0.2) is 0 Å². The molecule has 1 spiro atoms. The van der Waals surface area contributed by atoms with Crippen molar-refractivity contribution in [2.24, 2.45) is 11.8 Å². The van der Waals surface area contributed by atoms with Gasteiger partial charge in [0, 0.05) is 6.04 Å². The molecule has 3 aliphatic heterocycles. The van der Waals surface area contributed by atoms with Crippen molar-refractivity contribution in [1.29, 1.82) is 0 Å². The predicted octanol–water partition coefficient (Wildman–Crippen LogP) is 1.52. The maximum absolute atomic E-state index is 12.8. The second kappa shape index (κ2) is 4.83. The van der Waals surface area contributed by atoms with E-state index in [1.54, 1.807) is 0 Å². The van der Waals surface area contributed by atoms with Crippen LogP contribution in [0, 0.1) is 11.8 Å². The van der Waals surface area contributed by atoms with Crippen LogP contribution in [0.5, 0.6) is 0 Å². The highest BCUT2D eigenvalue weighted by atomic mass is 16.6. The normalized spacial score (nSPS) is 38.2. The zero-order chi connectivity index (χ0) is 15.4. The number of hydrogen-bond donors (Lipinski definition) is 0. The van der Waals surface area contributed by atoms with Crippen molar-refractivity contribution in [3.63, 3.8) is 0 Å². The zero-order valence-electron chi connectivity index (χ0n) is 13.0. The quantitative estimate of drug-likeness (QED) is 0.582. The third-order valence-corrected chi connectivity index (χ3v) is 4.88. The second-order valence-electron chi connectivity index (χ2n) is 6.61. The fourth-order valence-electron chi connectivity index (χ4n) is 3.70. The Morgan fingerprint density at radius 3 is 2.86 bits per heavy atom. The van der Waals surface area contributed by atoms with Gasteiger partial charge in [0.1, 0.15) is 11.5 Å². The molecule has 3 aliphatic rings. The van der Waals surface area contributed by atoms with Crippen LogP contribution < -0.4 is 0 Å². The van der Waals surface area contributed by atoms with Crippen LogP contribution in [0.3, 0.4) is 0 Å². The predicted molar refractivity (Wildman–Crippen MR) is 76.4 cm³/mol. The van der Waals surface area contributed by atoms with Gasteiger partial charge in [-0.2, -0.15) is 0 Å². The molecule has 0 saturated carbocycles. The SMILES string of the molecule is CC[C@H](C)N1C[C@@]23C=C[C@H](O2)[C@@H](C(=O)OC(C)C)[C@H]3C1=O. The Labute approximate surface area is 125 Å². The average molecular weight is 293 g/mol. The molecule has 0 radical (unpaired) electrons. The van der Waals surface area contributed by atoms with Crippen molar-refractivity contribution >= 4 is 11.9 Å². The summed E-state index contributed by atoms with van der Waals surface area (Å²) in [5.41, 5.74) is -0.619. The molecule has 0 aliphatic carbocycles. The van der Waals surface area contributed by atoms with E-state index in [9.17, 15) is 9.59 Å². The highest BCUT2D eigenvalue weighted by molar-refractivity contribution is 5.91. The van der Waals surface area contributed by atoms with Crippen molar-refractivity contribution in [2.45, 2.75) is 58.0 Å². The van der Waals surface area contributed by atoms with E-state index in [1.165, 1.54) is 0 Å². The van der Waals surface area contributed by atoms with Gasteiger partial charge in [0.25, 0.3) is 0 Å². The highest BCUT2D eigenvalue weighted by Crippen LogP contribution is 2.52. The lowest BCUT2D eigenvalue weighted by molar-refractivity contribution is -0.157. The lowest BCUT2D eigenvalue weighted by Gasteiger charge is -2.26. The number of esters is 1. The molecule has 0 aromatic carbocycles. The summed E-state index contributed by atoms with van der Waals surface area (Å²) in [7, 11) is 0. The first kappa shape index (κ1) is 14.6. The Hall–Kier alpha value is -1.36. The van der Waals surface area contributed by atoms with E-state index in [2.05, 4.69) is 6.92 Å². The second-order valence-corrected chi connectivity index (χ2v) is 6.61. The number of carbonyl (C=O) groups excluding carboxylic acids is 2. The van der Waals surface area contributed by atoms with Crippen molar-refractivity contribution in [1.82, 2.24) is 4.90 Å². The number of rotatable bonds is 4. The smallest absolute Gasteiger partial charge is 0.313 e. The number of hydrogen-bond acceptors (Lipinski definition) is 4. The topological polar surface area (TPSA) is 55.8 Å². The average Bonchev–Trinajstić information content (AvgIpc) is 3.05. The molecule has 5 heteroatoms. The van der Waals surface area contributed by atoms with Crippen LogP contribution in [0.15, 0.2) is 12.2 Å². The zero-order valence-corrected chi connectivity index (χ0v) is 13.0. The van der Waals surface area contributed by atoms with Crippen LogP contribution in [0.25, 0.3) is 0 Å². The molecule has 2 bridgehead atoms. The van der Waals surface area contributed by atoms with Crippen molar-refractivity contribution in [3.05, 3.63) is 12.2 Å². The lowest BCUT2D eigenvalue weighted by atomic mass is 9.77. The van der Waals surface area contributed by atoms with E-state index < -0.39 is 17.4 Å². The fourth-order valence-corrected chi connectivity index (χ4v) is 3.70. The Bertz CT molecular complexity index is 501. The molecule has 21 heavy (non-hydrogen) atoms. The van der Waals surface area contributed by atoms with E-state index in [0.29, 0.717) is 6.54 Å². The molecule has 0 unspecified atom stereocenters. The summed E-state index contributed by atoms with van der Waals surface area (Å²) in [6.07, 6.45) is 4.28. The van der Waals surface area contributed by atoms with Gasteiger partial charge in [-0.1, -0.05) is 19.1 Å². The minimum atomic E-state index is -0.619. The van der Waals surface area contributed by atoms with Crippen LogP contribution in [-0.4, -0.2) is 47.2 Å². The minimum Gasteiger partial charge on any atom is -0.463 e. The number of likely N-dealkylation sites (tertiary alicyclic amines) is 1. The molecule has 5 nitrogen and oxygen atoms in total. The van der Waals surface area contributed by atoms with Gasteiger partial charge in [0.2, 0.25) is 5.91 Å². The molecule has 3 heterocycles. The number of fused-ring (bicyclic) bond motifs is 1. The number of amides is 1. The Balaban J connectivity index is 1.88. The molecule has 0 N–H and O–H groups in total. The van der Waals surface area contributed by atoms with E-state index in [4.69, 9.17) is 9.47 Å². The summed E-state index contributed by atoms with van der Waals surface area (Å²) >= 11 is 0. The number of nitrogens with zero attached hydrogens (tertiary/aromatic N) is 1. The molecule has 3 rings (SSSR count). The van der Waals surface area contributed by atoms with Gasteiger partial charge in [0.05, 0.1) is 24.7 Å². The Kier molecular flexibility index (Phi) is 3.35. The van der Waals surface area contributed by atoms with E-state index >= 15 is 0 Å². The van der Waals surface area contributed by atoms with Gasteiger partial charge in [-0.15, -0.1) is 0 Å². The van der Waals surface area contributed by atoms with Crippen molar-refractivity contribution in [2.75, 3.05) is 6.54 Å². The van der Waals surface area contributed by atoms with E-state index in [-0.39, 0.29) is 30.1 Å². The molecule has 1 amide bonds. The van der Waals surface area contributed by atoms with E-state index in [1.807, 2.05) is 37.8 Å². The Morgan fingerprint density at radius 1 is 1.52 bits per heavy atom. The van der Waals surface area contributed by atoms with E-state index in [0.717, 1.165) is 6.42 Å².